The maximum atomic E-state index is 4.81. The van der Waals surface area contributed by atoms with E-state index >= 15 is 0 Å². The number of benzene rings is 2. The number of aromatic nitrogens is 2. The number of nitrogens with one attached hydrogen (secondary N) is 1. The Kier molecular flexibility index (Phi) is 3.54. The molecule has 0 radical (unpaired) electrons. The first-order chi connectivity index (χ1) is 11.3. The van der Waals surface area contributed by atoms with Crippen LogP contribution >= 0.6 is 0 Å². The highest BCUT2D eigenvalue weighted by Gasteiger charge is 2.21. The molecule has 118 valence electrons. The van der Waals surface area contributed by atoms with Crippen LogP contribution in [0.5, 0.6) is 0 Å². The van der Waals surface area contributed by atoms with Crippen molar-refractivity contribution in [3.05, 3.63) is 48.5 Å². The second kappa shape index (κ2) is 5.70. The third-order valence-electron chi connectivity index (χ3n) is 4.85. The van der Waals surface area contributed by atoms with Crippen LogP contribution in [0.15, 0.2) is 48.5 Å². The van der Waals surface area contributed by atoms with Crippen molar-refractivity contribution in [2.45, 2.75) is 12.5 Å². The molecule has 23 heavy (non-hydrogen) atoms. The van der Waals surface area contributed by atoms with Crippen molar-refractivity contribution in [3.8, 4) is 11.4 Å². The first-order valence-electron chi connectivity index (χ1n) is 8.20. The van der Waals surface area contributed by atoms with E-state index in [1.165, 1.54) is 23.2 Å². The fraction of sp³-hybridized carbons (Fsp3) is 0.316. The Morgan fingerprint density at radius 2 is 2.00 bits per heavy atom. The number of para-hydroxylation sites is 2. The van der Waals surface area contributed by atoms with Crippen molar-refractivity contribution in [3.63, 3.8) is 0 Å². The summed E-state index contributed by atoms with van der Waals surface area (Å²) in [4.78, 5) is 7.27. The lowest BCUT2D eigenvalue weighted by molar-refractivity contribution is 0.617. The lowest BCUT2D eigenvalue weighted by Crippen LogP contribution is -2.29. The highest BCUT2D eigenvalue weighted by molar-refractivity contribution is 5.81. The Hall–Kier alpha value is -2.33. The number of nitrogens with zero attached hydrogens (tertiary/aromatic N) is 3. The quantitative estimate of drug-likeness (QED) is 0.807. The van der Waals surface area contributed by atoms with Gasteiger partial charge in [-0.05, 0) is 37.7 Å². The summed E-state index contributed by atoms with van der Waals surface area (Å²) in [5, 5.41) is 3.38. The molecule has 2 heterocycles. The van der Waals surface area contributed by atoms with E-state index in [2.05, 4.69) is 64.3 Å². The number of hydrogen-bond acceptors (Lipinski definition) is 3. The van der Waals surface area contributed by atoms with Crippen LogP contribution in [-0.4, -0.2) is 35.7 Å². The maximum absolute atomic E-state index is 4.81. The molecule has 0 amide bonds. The first-order valence-corrected chi connectivity index (χ1v) is 8.20. The highest BCUT2D eigenvalue weighted by atomic mass is 15.2. The third-order valence-corrected chi connectivity index (χ3v) is 4.85. The van der Waals surface area contributed by atoms with Gasteiger partial charge in [0.05, 0.1) is 11.0 Å². The number of likely N-dealkylation sites (N-methyl/N-ethyl adjacent to an activating group) is 1. The van der Waals surface area contributed by atoms with Crippen molar-refractivity contribution in [1.29, 1.82) is 0 Å². The van der Waals surface area contributed by atoms with Crippen molar-refractivity contribution < 1.29 is 0 Å². The summed E-state index contributed by atoms with van der Waals surface area (Å²) < 4.78 is 2.18. The molecule has 0 spiro atoms. The average Bonchev–Trinajstić information content (AvgIpc) is 3.20. The molecule has 1 aliphatic rings. The van der Waals surface area contributed by atoms with E-state index in [0.717, 1.165) is 24.4 Å². The summed E-state index contributed by atoms with van der Waals surface area (Å²) in [6.07, 6.45) is 1.20. The largest absolute Gasteiger partial charge is 0.370 e. The predicted octanol–water partition coefficient (Wildman–Crippen LogP) is 3.04. The molecular weight excluding hydrogens is 284 g/mol. The van der Waals surface area contributed by atoms with Gasteiger partial charge in [0, 0.05) is 37.4 Å². The van der Waals surface area contributed by atoms with Crippen LogP contribution in [0, 0.1) is 0 Å². The Morgan fingerprint density at radius 1 is 1.13 bits per heavy atom. The predicted molar refractivity (Wildman–Crippen MR) is 95.8 cm³/mol. The van der Waals surface area contributed by atoms with E-state index in [4.69, 9.17) is 4.98 Å². The number of aryl methyl sites for hydroxylation is 1. The van der Waals surface area contributed by atoms with Gasteiger partial charge in [-0.25, -0.2) is 4.98 Å². The van der Waals surface area contributed by atoms with E-state index < -0.39 is 0 Å². The molecule has 4 heteroatoms. The van der Waals surface area contributed by atoms with Gasteiger partial charge >= 0.3 is 0 Å². The zero-order chi connectivity index (χ0) is 15.8. The maximum Gasteiger partial charge on any atom is 0.140 e. The van der Waals surface area contributed by atoms with E-state index in [-0.39, 0.29) is 0 Å². The summed E-state index contributed by atoms with van der Waals surface area (Å²) in [5.41, 5.74) is 4.68. The van der Waals surface area contributed by atoms with Crippen LogP contribution < -0.4 is 10.2 Å². The van der Waals surface area contributed by atoms with E-state index in [0.29, 0.717) is 6.04 Å². The molecule has 4 nitrogen and oxygen atoms in total. The molecule has 0 bridgehead atoms. The molecular formula is C19H22N4. The van der Waals surface area contributed by atoms with E-state index in [1.807, 2.05) is 13.1 Å². The van der Waals surface area contributed by atoms with Crippen molar-refractivity contribution in [1.82, 2.24) is 14.9 Å². The van der Waals surface area contributed by atoms with Crippen molar-refractivity contribution in [2.75, 3.05) is 25.0 Å². The summed E-state index contributed by atoms with van der Waals surface area (Å²) in [7, 11) is 4.13. The summed E-state index contributed by atoms with van der Waals surface area (Å²) >= 11 is 0. The minimum absolute atomic E-state index is 0.592. The average molecular weight is 306 g/mol. The molecule has 1 atom stereocenters. The number of anilines is 1. The molecule has 1 N–H and O–H groups in total. The van der Waals surface area contributed by atoms with E-state index in [9.17, 15) is 0 Å². The van der Waals surface area contributed by atoms with Gasteiger partial charge in [0.1, 0.15) is 5.82 Å². The van der Waals surface area contributed by atoms with Gasteiger partial charge in [0.2, 0.25) is 0 Å². The van der Waals surface area contributed by atoms with Crippen LogP contribution in [0.4, 0.5) is 5.69 Å². The highest BCUT2D eigenvalue weighted by Crippen LogP contribution is 2.28. The Bertz CT molecular complexity index is 836. The Labute approximate surface area is 136 Å². The van der Waals surface area contributed by atoms with Gasteiger partial charge in [-0.3, -0.25) is 0 Å². The Balaban J connectivity index is 1.72. The molecule has 0 saturated carbocycles. The van der Waals surface area contributed by atoms with Gasteiger partial charge in [-0.1, -0.05) is 24.3 Å². The molecule has 4 rings (SSSR count). The van der Waals surface area contributed by atoms with Crippen molar-refractivity contribution >= 4 is 16.7 Å². The smallest absolute Gasteiger partial charge is 0.140 e. The number of hydrogen-bond donors (Lipinski definition) is 1. The second-order valence-corrected chi connectivity index (χ2v) is 6.25. The third kappa shape index (κ3) is 2.49. The SMILES string of the molecule is CNC1CCN(c2cccc(-c3nc4ccccc4n3C)c2)C1. The summed E-state index contributed by atoms with van der Waals surface area (Å²) in [6, 6.07) is 17.6. The fourth-order valence-corrected chi connectivity index (χ4v) is 3.48. The van der Waals surface area contributed by atoms with Gasteiger partial charge < -0.3 is 14.8 Å². The van der Waals surface area contributed by atoms with Gasteiger partial charge in [0.25, 0.3) is 0 Å². The number of rotatable bonds is 3. The molecule has 1 aliphatic heterocycles. The standard InChI is InChI=1S/C19H22N4/c1-20-15-10-11-23(13-15)16-7-5-6-14(12-16)19-21-17-8-3-4-9-18(17)22(19)2/h3-9,12,15,20H,10-11,13H2,1-2H3. The first kappa shape index (κ1) is 14.3. The molecule has 1 aromatic heterocycles. The summed E-state index contributed by atoms with van der Waals surface area (Å²) in [5.74, 6) is 1.03. The second-order valence-electron chi connectivity index (χ2n) is 6.25. The monoisotopic (exact) mass is 306 g/mol. The minimum Gasteiger partial charge on any atom is -0.370 e. The van der Waals surface area contributed by atoms with Gasteiger partial charge in [0.15, 0.2) is 0 Å². The zero-order valence-electron chi connectivity index (χ0n) is 13.7. The topological polar surface area (TPSA) is 33.1 Å². The van der Waals surface area contributed by atoms with Crippen LogP contribution in [0.25, 0.3) is 22.4 Å². The fourth-order valence-electron chi connectivity index (χ4n) is 3.48. The summed E-state index contributed by atoms with van der Waals surface area (Å²) in [6.45, 7) is 2.18. The van der Waals surface area contributed by atoms with Crippen LogP contribution in [-0.2, 0) is 7.05 Å². The van der Waals surface area contributed by atoms with Gasteiger partial charge in [-0.15, -0.1) is 0 Å². The lowest BCUT2D eigenvalue weighted by atomic mass is 10.1. The van der Waals surface area contributed by atoms with Crippen LogP contribution in [0.2, 0.25) is 0 Å². The zero-order valence-corrected chi connectivity index (χ0v) is 13.7. The van der Waals surface area contributed by atoms with E-state index in [1.54, 1.807) is 0 Å². The van der Waals surface area contributed by atoms with Crippen LogP contribution in [0.1, 0.15) is 6.42 Å². The number of imidazole rings is 1. The molecule has 2 aromatic carbocycles. The molecule has 1 unspecified atom stereocenters. The molecule has 0 aliphatic carbocycles. The number of fused-ring (bicyclic) bond motifs is 1. The van der Waals surface area contributed by atoms with Crippen molar-refractivity contribution in [2.24, 2.45) is 7.05 Å². The lowest BCUT2D eigenvalue weighted by Gasteiger charge is -2.19. The van der Waals surface area contributed by atoms with Crippen LogP contribution in [0.3, 0.4) is 0 Å². The minimum atomic E-state index is 0.592. The molecule has 1 saturated heterocycles. The van der Waals surface area contributed by atoms with Gasteiger partial charge in [-0.2, -0.15) is 0 Å². The Morgan fingerprint density at radius 3 is 2.78 bits per heavy atom. The molecule has 1 fully saturated rings. The molecule has 3 aromatic rings. The normalized spacial score (nSPS) is 18.0.